The van der Waals surface area contributed by atoms with Gasteiger partial charge in [-0.15, -0.1) is 0 Å². The largest absolute Gasteiger partial charge is 0.444 e. The van der Waals surface area contributed by atoms with E-state index in [1.807, 2.05) is 31.2 Å². The van der Waals surface area contributed by atoms with Crippen LogP contribution in [-0.2, 0) is 4.79 Å². The summed E-state index contributed by atoms with van der Waals surface area (Å²) in [6.45, 7) is 2.53. The first-order valence-electron chi connectivity index (χ1n) is 6.70. The second-order valence-electron chi connectivity index (χ2n) is 4.76. The van der Waals surface area contributed by atoms with Gasteiger partial charge in [0.05, 0.1) is 6.20 Å². The Labute approximate surface area is 118 Å². The zero-order valence-corrected chi connectivity index (χ0v) is 11.5. The highest BCUT2D eigenvalue weighted by Gasteiger charge is 2.12. The fraction of sp³-hybridized carbons (Fsp3) is 0.333. The van der Waals surface area contributed by atoms with Crippen LogP contribution >= 0.6 is 0 Å². The van der Waals surface area contributed by atoms with Gasteiger partial charge < -0.3 is 15.5 Å². The predicted octanol–water partition coefficient (Wildman–Crippen LogP) is 2.66. The van der Waals surface area contributed by atoms with Gasteiger partial charge in [-0.2, -0.15) is 0 Å². The molecular formula is C15H19N3O2. The highest BCUT2D eigenvalue weighted by Crippen LogP contribution is 2.21. The molecule has 1 heterocycles. The zero-order chi connectivity index (χ0) is 14.4. The van der Waals surface area contributed by atoms with E-state index in [9.17, 15) is 4.79 Å². The molecule has 1 amide bonds. The topological polar surface area (TPSA) is 81.2 Å². The monoisotopic (exact) mass is 273 g/mol. The van der Waals surface area contributed by atoms with Crippen LogP contribution in [0.5, 0.6) is 0 Å². The summed E-state index contributed by atoms with van der Waals surface area (Å²) in [4.78, 5) is 15.8. The van der Waals surface area contributed by atoms with Crippen LogP contribution in [0.1, 0.15) is 19.8 Å². The van der Waals surface area contributed by atoms with Gasteiger partial charge in [0.1, 0.15) is 0 Å². The van der Waals surface area contributed by atoms with Crippen molar-refractivity contribution >= 4 is 11.6 Å². The molecule has 2 aromatic rings. The number of anilines is 1. The Hall–Kier alpha value is -2.14. The molecule has 20 heavy (non-hydrogen) atoms. The number of nitrogens with one attached hydrogen (secondary N) is 1. The summed E-state index contributed by atoms with van der Waals surface area (Å²) < 4.78 is 5.21. The summed E-state index contributed by atoms with van der Waals surface area (Å²) in [5.74, 6) is 0.692. The number of rotatable bonds is 6. The third-order valence-electron chi connectivity index (χ3n) is 3.16. The quantitative estimate of drug-likeness (QED) is 0.847. The lowest BCUT2D eigenvalue weighted by atomic mass is 10.0. The first-order valence-corrected chi connectivity index (χ1v) is 6.70. The minimum absolute atomic E-state index is 0.0193. The number of nitrogens with zero attached hydrogens (tertiary/aromatic N) is 1. The average Bonchev–Trinajstić information content (AvgIpc) is 2.99. The van der Waals surface area contributed by atoms with Crippen LogP contribution in [0.2, 0.25) is 0 Å². The lowest BCUT2D eigenvalue weighted by Gasteiger charge is -2.11. The van der Waals surface area contributed by atoms with E-state index in [0.717, 1.165) is 24.1 Å². The third kappa shape index (κ3) is 3.68. The second-order valence-corrected chi connectivity index (χ2v) is 4.76. The van der Waals surface area contributed by atoms with E-state index < -0.39 is 0 Å². The van der Waals surface area contributed by atoms with Crippen molar-refractivity contribution in [3.8, 4) is 11.3 Å². The molecule has 0 radical (unpaired) electrons. The molecule has 0 fully saturated rings. The molecule has 106 valence electrons. The highest BCUT2D eigenvalue weighted by atomic mass is 16.3. The van der Waals surface area contributed by atoms with E-state index in [4.69, 9.17) is 10.2 Å². The standard InChI is InChI=1S/C15H19N3O2/c1-11(3-2-8-16)15(19)18-13-6-4-12(5-7-13)14-9-17-10-20-14/h4-7,9-11H,2-3,8,16H2,1H3,(H,18,19). The summed E-state index contributed by atoms with van der Waals surface area (Å²) in [6.07, 6.45) is 4.71. The van der Waals surface area contributed by atoms with E-state index in [1.54, 1.807) is 6.20 Å². The van der Waals surface area contributed by atoms with Crippen LogP contribution in [0.3, 0.4) is 0 Å². The van der Waals surface area contributed by atoms with Crippen molar-refractivity contribution in [1.82, 2.24) is 4.98 Å². The molecule has 0 aliphatic rings. The maximum Gasteiger partial charge on any atom is 0.227 e. The van der Waals surface area contributed by atoms with Crippen LogP contribution in [0.4, 0.5) is 5.69 Å². The summed E-state index contributed by atoms with van der Waals surface area (Å²) in [5, 5.41) is 2.90. The van der Waals surface area contributed by atoms with Crippen molar-refractivity contribution in [3.63, 3.8) is 0 Å². The molecule has 1 unspecified atom stereocenters. The SMILES string of the molecule is CC(CCCN)C(=O)Nc1ccc(-c2cnco2)cc1. The molecule has 1 aromatic heterocycles. The number of hydrogen-bond acceptors (Lipinski definition) is 4. The van der Waals surface area contributed by atoms with Crippen LogP contribution in [0, 0.1) is 5.92 Å². The molecule has 3 N–H and O–H groups in total. The van der Waals surface area contributed by atoms with Gasteiger partial charge >= 0.3 is 0 Å². The molecule has 0 saturated carbocycles. The number of carbonyl (C=O) groups excluding carboxylic acids is 1. The van der Waals surface area contributed by atoms with Gasteiger partial charge in [0.15, 0.2) is 12.2 Å². The Kier molecular flexibility index (Phi) is 4.90. The minimum Gasteiger partial charge on any atom is -0.444 e. The number of hydrogen-bond donors (Lipinski definition) is 2. The molecule has 2 rings (SSSR count). The fourth-order valence-corrected chi connectivity index (χ4v) is 1.90. The van der Waals surface area contributed by atoms with Crippen molar-refractivity contribution in [2.75, 3.05) is 11.9 Å². The highest BCUT2D eigenvalue weighted by molar-refractivity contribution is 5.92. The smallest absolute Gasteiger partial charge is 0.227 e. The van der Waals surface area contributed by atoms with Gasteiger partial charge in [0, 0.05) is 17.2 Å². The Morgan fingerprint density at radius 2 is 2.15 bits per heavy atom. The zero-order valence-electron chi connectivity index (χ0n) is 11.5. The van der Waals surface area contributed by atoms with Crippen LogP contribution < -0.4 is 11.1 Å². The van der Waals surface area contributed by atoms with Crippen LogP contribution in [0.25, 0.3) is 11.3 Å². The van der Waals surface area contributed by atoms with Gasteiger partial charge in [0.2, 0.25) is 5.91 Å². The number of aromatic nitrogens is 1. The molecule has 1 atom stereocenters. The average molecular weight is 273 g/mol. The molecule has 0 aliphatic carbocycles. The maximum absolute atomic E-state index is 12.0. The van der Waals surface area contributed by atoms with E-state index >= 15 is 0 Å². The minimum atomic E-state index is -0.0347. The summed E-state index contributed by atoms with van der Waals surface area (Å²) in [7, 11) is 0. The third-order valence-corrected chi connectivity index (χ3v) is 3.16. The molecule has 5 heteroatoms. The molecule has 5 nitrogen and oxygen atoms in total. The fourth-order valence-electron chi connectivity index (χ4n) is 1.90. The molecule has 1 aromatic carbocycles. The van der Waals surface area contributed by atoms with Crippen molar-refractivity contribution in [2.24, 2.45) is 11.7 Å². The van der Waals surface area contributed by atoms with Crippen LogP contribution in [0.15, 0.2) is 41.3 Å². The molecule has 0 saturated heterocycles. The lowest BCUT2D eigenvalue weighted by Crippen LogP contribution is -2.21. The first-order chi connectivity index (χ1) is 9.70. The van der Waals surface area contributed by atoms with Gasteiger partial charge in [-0.1, -0.05) is 6.92 Å². The predicted molar refractivity (Wildman–Crippen MR) is 78.0 cm³/mol. The Morgan fingerprint density at radius 3 is 2.75 bits per heavy atom. The van der Waals surface area contributed by atoms with Crippen molar-refractivity contribution in [1.29, 1.82) is 0 Å². The number of carbonyl (C=O) groups is 1. The Morgan fingerprint density at radius 1 is 1.40 bits per heavy atom. The van der Waals surface area contributed by atoms with E-state index in [0.29, 0.717) is 12.3 Å². The Bertz CT molecular complexity index is 535. The lowest BCUT2D eigenvalue weighted by molar-refractivity contribution is -0.119. The molecule has 0 spiro atoms. The Balaban J connectivity index is 1.95. The van der Waals surface area contributed by atoms with Gasteiger partial charge in [-0.25, -0.2) is 4.98 Å². The van der Waals surface area contributed by atoms with Crippen molar-refractivity contribution in [3.05, 3.63) is 36.9 Å². The van der Waals surface area contributed by atoms with Crippen molar-refractivity contribution in [2.45, 2.75) is 19.8 Å². The summed E-state index contributed by atoms with van der Waals surface area (Å²) in [6, 6.07) is 7.48. The van der Waals surface area contributed by atoms with E-state index in [1.165, 1.54) is 6.39 Å². The number of amides is 1. The molecule has 0 bridgehead atoms. The van der Waals surface area contributed by atoms with E-state index in [2.05, 4.69) is 10.3 Å². The summed E-state index contributed by atoms with van der Waals surface area (Å²) in [5.41, 5.74) is 7.15. The van der Waals surface area contributed by atoms with Gasteiger partial charge in [-0.3, -0.25) is 4.79 Å². The van der Waals surface area contributed by atoms with Crippen molar-refractivity contribution < 1.29 is 9.21 Å². The van der Waals surface area contributed by atoms with Gasteiger partial charge in [-0.05, 0) is 43.7 Å². The molecular weight excluding hydrogens is 254 g/mol. The van der Waals surface area contributed by atoms with Crippen LogP contribution in [-0.4, -0.2) is 17.4 Å². The normalized spacial score (nSPS) is 12.1. The summed E-state index contributed by atoms with van der Waals surface area (Å²) >= 11 is 0. The number of benzene rings is 1. The number of oxazole rings is 1. The van der Waals surface area contributed by atoms with E-state index in [-0.39, 0.29) is 11.8 Å². The first kappa shape index (κ1) is 14.3. The maximum atomic E-state index is 12.0. The molecule has 0 aliphatic heterocycles. The van der Waals surface area contributed by atoms with Gasteiger partial charge in [0.25, 0.3) is 0 Å². The second kappa shape index (κ2) is 6.86. The number of nitrogens with two attached hydrogens (primary N) is 1.